The highest BCUT2D eigenvalue weighted by Crippen LogP contribution is 1.95. The Bertz CT molecular complexity index is 493. The van der Waals surface area contributed by atoms with Crippen molar-refractivity contribution in [2.45, 2.75) is 6.92 Å². The fourth-order valence-electron chi connectivity index (χ4n) is 0.989. The average molecular weight is 261 g/mol. The molecular weight excluding hydrogens is 250 g/mol. The van der Waals surface area contributed by atoms with E-state index in [0.29, 0.717) is 0 Å². The first kappa shape index (κ1) is 13.2. The number of carbonyl (C=O) groups is 2. The second-order valence-electron chi connectivity index (χ2n) is 3.11. The summed E-state index contributed by atoms with van der Waals surface area (Å²) < 4.78 is 28.7. The number of rotatable bonds is 5. The summed E-state index contributed by atoms with van der Waals surface area (Å²) in [6.45, 7) is 0.951. The van der Waals surface area contributed by atoms with E-state index in [0.717, 1.165) is 6.92 Å². The molecule has 9 heteroatoms. The minimum atomic E-state index is -3.71. The first-order valence-electron chi connectivity index (χ1n) is 4.60. The van der Waals surface area contributed by atoms with Crippen LogP contribution in [-0.2, 0) is 14.8 Å². The van der Waals surface area contributed by atoms with Crippen LogP contribution in [0.25, 0.3) is 0 Å². The summed E-state index contributed by atoms with van der Waals surface area (Å²) >= 11 is 0. The maximum absolute atomic E-state index is 11.3. The van der Waals surface area contributed by atoms with Crippen LogP contribution in [0.4, 0.5) is 0 Å². The summed E-state index contributed by atoms with van der Waals surface area (Å²) in [6, 6.07) is 1.34. The predicted molar refractivity (Wildman–Crippen MR) is 56.4 cm³/mol. The van der Waals surface area contributed by atoms with Crippen molar-refractivity contribution in [1.29, 1.82) is 0 Å². The molecule has 0 unspecified atom stereocenters. The van der Waals surface area contributed by atoms with Crippen LogP contribution in [0.1, 0.15) is 17.5 Å². The lowest BCUT2D eigenvalue weighted by atomic mass is 10.4. The largest absolute Gasteiger partial charge is 0.351 e. The molecule has 0 fully saturated rings. The van der Waals surface area contributed by atoms with Gasteiger partial charge in [-0.15, -0.1) is 0 Å². The second-order valence-corrected chi connectivity index (χ2v) is 4.95. The molecule has 0 atom stereocenters. The molecule has 0 saturated carbocycles. The Morgan fingerprint density at radius 3 is 2.71 bits per heavy atom. The van der Waals surface area contributed by atoms with Gasteiger partial charge in [-0.1, -0.05) is 5.16 Å². The lowest BCUT2D eigenvalue weighted by molar-refractivity contribution is -0.117. The Kier molecular flexibility index (Phi) is 4.21. The van der Waals surface area contributed by atoms with Gasteiger partial charge in [-0.2, -0.15) is 0 Å². The van der Waals surface area contributed by atoms with Gasteiger partial charge in [0.25, 0.3) is 5.91 Å². The summed E-state index contributed by atoms with van der Waals surface area (Å²) in [5, 5.41) is 5.64. The Balaban J connectivity index is 2.38. The van der Waals surface area contributed by atoms with Crippen LogP contribution < -0.4 is 10.0 Å². The molecule has 1 rings (SSSR count). The quantitative estimate of drug-likeness (QED) is 0.692. The monoisotopic (exact) mass is 261 g/mol. The predicted octanol–water partition coefficient (Wildman–Crippen LogP) is -1.13. The molecule has 0 radical (unpaired) electrons. The van der Waals surface area contributed by atoms with E-state index in [4.69, 9.17) is 0 Å². The number of hydrogen-bond donors (Lipinski definition) is 2. The zero-order valence-corrected chi connectivity index (χ0v) is 9.78. The molecule has 17 heavy (non-hydrogen) atoms. The van der Waals surface area contributed by atoms with Gasteiger partial charge in [0.15, 0.2) is 0 Å². The molecule has 0 aromatic carbocycles. The van der Waals surface area contributed by atoms with Crippen molar-refractivity contribution in [3.8, 4) is 0 Å². The van der Waals surface area contributed by atoms with Crippen LogP contribution in [0, 0.1) is 0 Å². The van der Waals surface area contributed by atoms with Crippen molar-refractivity contribution in [1.82, 2.24) is 15.2 Å². The third-order valence-electron chi connectivity index (χ3n) is 1.62. The number of hydrogen-bond acceptors (Lipinski definition) is 6. The third kappa shape index (κ3) is 4.64. The average Bonchev–Trinajstić information content (AvgIpc) is 2.67. The number of nitrogens with zero attached hydrogens (tertiary/aromatic N) is 1. The van der Waals surface area contributed by atoms with Gasteiger partial charge in [0.1, 0.15) is 0 Å². The molecule has 2 amide bonds. The zero-order chi connectivity index (χ0) is 12.9. The molecular formula is C8H11N3O5S. The summed E-state index contributed by atoms with van der Waals surface area (Å²) in [4.78, 5) is 21.8. The molecule has 94 valence electrons. The molecule has 1 aromatic rings. The van der Waals surface area contributed by atoms with Gasteiger partial charge in [0, 0.05) is 19.5 Å². The van der Waals surface area contributed by atoms with Gasteiger partial charge in [0.2, 0.25) is 21.7 Å². The van der Waals surface area contributed by atoms with Crippen LogP contribution in [-0.4, -0.2) is 37.7 Å². The molecule has 8 nitrogen and oxygen atoms in total. The number of sulfonamides is 1. The summed E-state index contributed by atoms with van der Waals surface area (Å²) in [7, 11) is -3.71. The van der Waals surface area contributed by atoms with Crippen LogP contribution in [0.2, 0.25) is 0 Å². The lowest BCUT2D eigenvalue weighted by Crippen LogP contribution is -2.36. The highest BCUT2D eigenvalue weighted by molar-refractivity contribution is 7.90. The van der Waals surface area contributed by atoms with E-state index >= 15 is 0 Å². The first-order valence-corrected chi connectivity index (χ1v) is 6.26. The normalized spacial score (nSPS) is 10.9. The topological polar surface area (TPSA) is 118 Å². The lowest BCUT2D eigenvalue weighted by Gasteiger charge is -2.04. The Morgan fingerprint density at radius 1 is 1.47 bits per heavy atom. The van der Waals surface area contributed by atoms with Crippen molar-refractivity contribution >= 4 is 21.8 Å². The van der Waals surface area contributed by atoms with Gasteiger partial charge in [-0.3, -0.25) is 14.3 Å². The van der Waals surface area contributed by atoms with E-state index in [1.54, 1.807) is 4.72 Å². The Labute approximate surface area is 97.4 Å². The van der Waals surface area contributed by atoms with E-state index in [2.05, 4.69) is 15.0 Å². The highest BCUT2D eigenvalue weighted by atomic mass is 32.2. The van der Waals surface area contributed by atoms with E-state index in [9.17, 15) is 18.0 Å². The first-order chi connectivity index (χ1) is 7.91. The molecule has 2 N–H and O–H groups in total. The van der Waals surface area contributed by atoms with Crippen LogP contribution in [0.3, 0.4) is 0 Å². The fourth-order valence-corrected chi connectivity index (χ4v) is 1.90. The molecule has 1 heterocycles. The SMILES string of the molecule is CC(=O)NS(=O)(=O)CCNC(=O)c1ccno1. The highest BCUT2D eigenvalue weighted by Gasteiger charge is 2.14. The second kappa shape index (κ2) is 5.43. The summed E-state index contributed by atoms with van der Waals surface area (Å²) in [5.41, 5.74) is 0. The van der Waals surface area contributed by atoms with Crippen molar-refractivity contribution in [2.24, 2.45) is 0 Å². The standard InChI is InChI=1S/C8H11N3O5S/c1-6(12)11-17(14,15)5-4-9-8(13)7-2-3-10-16-7/h2-3H,4-5H2,1H3,(H,9,13)(H,11,12). The van der Waals surface area contributed by atoms with Crippen LogP contribution in [0.5, 0.6) is 0 Å². The fraction of sp³-hybridized carbons (Fsp3) is 0.375. The molecule has 0 saturated heterocycles. The van der Waals surface area contributed by atoms with Gasteiger partial charge in [0.05, 0.1) is 11.9 Å². The van der Waals surface area contributed by atoms with E-state index in [1.165, 1.54) is 12.3 Å². The molecule has 0 aliphatic carbocycles. The molecule has 0 aliphatic rings. The number of carbonyl (C=O) groups excluding carboxylic acids is 2. The molecule has 0 bridgehead atoms. The summed E-state index contributed by atoms with van der Waals surface area (Å²) in [6.07, 6.45) is 1.29. The number of nitrogens with one attached hydrogen (secondary N) is 2. The van der Waals surface area contributed by atoms with Crippen LogP contribution in [0.15, 0.2) is 16.8 Å². The van der Waals surface area contributed by atoms with Crippen molar-refractivity contribution in [3.63, 3.8) is 0 Å². The molecule has 1 aromatic heterocycles. The summed E-state index contributed by atoms with van der Waals surface area (Å²) in [5.74, 6) is -1.65. The maximum Gasteiger partial charge on any atom is 0.289 e. The third-order valence-corrected chi connectivity index (χ3v) is 2.96. The Hall–Kier alpha value is -1.90. The minimum absolute atomic E-state index is 0.0121. The van der Waals surface area contributed by atoms with Gasteiger partial charge in [-0.05, 0) is 0 Å². The van der Waals surface area contributed by atoms with Crippen molar-refractivity contribution in [3.05, 3.63) is 18.0 Å². The zero-order valence-electron chi connectivity index (χ0n) is 8.97. The van der Waals surface area contributed by atoms with Crippen LogP contribution >= 0.6 is 0 Å². The van der Waals surface area contributed by atoms with E-state index in [1.807, 2.05) is 0 Å². The maximum atomic E-state index is 11.3. The van der Waals surface area contributed by atoms with E-state index < -0.39 is 27.6 Å². The van der Waals surface area contributed by atoms with Gasteiger partial charge in [-0.25, -0.2) is 8.42 Å². The van der Waals surface area contributed by atoms with Gasteiger partial charge < -0.3 is 9.84 Å². The molecule has 0 spiro atoms. The number of amides is 2. The van der Waals surface area contributed by atoms with Gasteiger partial charge >= 0.3 is 0 Å². The van der Waals surface area contributed by atoms with Crippen molar-refractivity contribution in [2.75, 3.05) is 12.3 Å². The smallest absolute Gasteiger partial charge is 0.289 e. The van der Waals surface area contributed by atoms with E-state index in [-0.39, 0.29) is 12.3 Å². The molecule has 0 aliphatic heterocycles. The Morgan fingerprint density at radius 2 is 2.18 bits per heavy atom. The number of aromatic nitrogens is 1. The van der Waals surface area contributed by atoms with Crippen molar-refractivity contribution < 1.29 is 22.5 Å². The minimum Gasteiger partial charge on any atom is -0.351 e.